The molecule has 0 saturated carbocycles. The van der Waals surface area contributed by atoms with Crippen LogP contribution in [0.25, 0.3) is 5.57 Å². The van der Waals surface area contributed by atoms with Crippen LogP contribution in [-0.4, -0.2) is 13.6 Å². The van der Waals surface area contributed by atoms with Crippen LogP contribution < -0.4 is 4.90 Å². The van der Waals surface area contributed by atoms with E-state index in [1.807, 2.05) is 25.2 Å². The Labute approximate surface area is 126 Å². The van der Waals surface area contributed by atoms with Gasteiger partial charge in [-0.1, -0.05) is 31.9 Å². The lowest BCUT2D eigenvalue weighted by Crippen LogP contribution is -2.18. The van der Waals surface area contributed by atoms with E-state index < -0.39 is 0 Å². The fourth-order valence-electron chi connectivity index (χ4n) is 2.01. The molecule has 0 fully saturated rings. The van der Waals surface area contributed by atoms with Gasteiger partial charge >= 0.3 is 0 Å². The SMILES string of the molecule is CCCCCN(C)c1ccc(C(C#N)=C(C#N)C#N)cc1. The highest BCUT2D eigenvalue weighted by atomic mass is 15.1. The summed E-state index contributed by atoms with van der Waals surface area (Å²) in [5.74, 6) is 0. The highest BCUT2D eigenvalue weighted by Crippen LogP contribution is 2.21. The van der Waals surface area contributed by atoms with Crippen molar-refractivity contribution < 1.29 is 0 Å². The van der Waals surface area contributed by atoms with Gasteiger partial charge in [0.2, 0.25) is 0 Å². The van der Waals surface area contributed by atoms with Gasteiger partial charge in [-0.15, -0.1) is 0 Å². The van der Waals surface area contributed by atoms with Gasteiger partial charge in [0.25, 0.3) is 0 Å². The molecule has 1 rings (SSSR count). The minimum atomic E-state index is -0.151. The summed E-state index contributed by atoms with van der Waals surface area (Å²) >= 11 is 0. The van der Waals surface area contributed by atoms with E-state index in [1.165, 1.54) is 12.8 Å². The predicted molar refractivity (Wildman–Crippen MR) is 83.0 cm³/mol. The normalized spacial score (nSPS) is 9.10. The third-order valence-electron chi connectivity index (χ3n) is 3.28. The van der Waals surface area contributed by atoms with Gasteiger partial charge in [-0.05, 0) is 24.1 Å². The molecule has 0 aromatic heterocycles. The fourth-order valence-corrected chi connectivity index (χ4v) is 2.01. The molecular weight excluding hydrogens is 260 g/mol. The lowest BCUT2D eigenvalue weighted by Gasteiger charge is -2.19. The Hall–Kier alpha value is -2.77. The number of hydrogen-bond acceptors (Lipinski definition) is 4. The maximum atomic E-state index is 9.11. The van der Waals surface area contributed by atoms with Crippen LogP contribution in [0.3, 0.4) is 0 Å². The first-order chi connectivity index (χ1) is 10.2. The summed E-state index contributed by atoms with van der Waals surface area (Å²) in [4.78, 5) is 2.16. The Bertz CT molecular complexity index is 605. The topological polar surface area (TPSA) is 74.6 Å². The monoisotopic (exact) mass is 278 g/mol. The highest BCUT2D eigenvalue weighted by Gasteiger charge is 2.09. The van der Waals surface area contributed by atoms with Crippen molar-refractivity contribution in [1.82, 2.24) is 0 Å². The van der Waals surface area contributed by atoms with Crippen LogP contribution in [0.1, 0.15) is 31.7 Å². The van der Waals surface area contributed by atoms with Crippen LogP contribution in [0.2, 0.25) is 0 Å². The highest BCUT2D eigenvalue weighted by molar-refractivity contribution is 5.84. The molecule has 0 bridgehead atoms. The van der Waals surface area contributed by atoms with E-state index in [2.05, 4.69) is 11.8 Å². The Morgan fingerprint density at radius 3 is 2.10 bits per heavy atom. The Morgan fingerprint density at radius 2 is 1.62 bits per heavy atom. The molecule has 0 spiro atoms. The quantitative estimate of drug-likeness (QED) is 0.588. The van der Waals surface area contributed by atoms with Gasteiger partial charge in [-0.2, -0.15) is 15.8 Å². The first kappa shape index (κ1) is 16.3. The first-order valence-electron chi connectivity index (χ1n) is 6.94. The standard InChI is InChI=1S/C17H18N4/c1-3-4-5-10-21(2)16-8-6-14(7-9-16)17(13-20)15(11-18)12-19/h6-9H,3-5,10H2,1-2H3. The maximum absolute atomic E-state index is 9.11. The van der Waals surface area contributed by atoms with Gasteiger partial charge in [0.1, 0.15) is 23.8 Å². The molecule has 21 heavy (non-hydrogen) atoms. The van der Waals surface area contributed by atoms with E-state index in [9.17, 15) is 0 Å². The molecule has 0 N–H and O–H groups in total. The van der Waals surface area contributed by atoms with Gasteiger partial charge in [-0.3, -0.25) is 0 Å². The lowest BCUT2D eigenvalue weighted by molar-refractivity contribution is 0.705. The number of nitrogens with zero attached hydrogens (tertiary/aromatic N) is 4. The Balaban J connectivity index is 2.93. The molecule has 0 atom stereocenters. The number of nitriles is 3. The maximum Gasteiger partial charge on any atom is 0.148 e. The van der Waals surface area contributed by atoms with Crippen LogP contribution in [0, 0.1) is 34.0 Å². The number of rotatable bonds is 6. The van der Waals surface area contributed by atoms with Crippen molar-refractivity contribution in [3.8, 4) is 18.2 Å². The minimum absolute atomic E-state index is 0.125. The predicted octanol–water partition coefficient (Wildman–Crippen LogP) is 3.64. The first-order valence-corrected chi connectivity index (χ1v) is 6.94. The number of unbranched alkanes of at least 4 members (excludes halogenated alkanes) is 2. The van der Waals surface area contributed by atoms with Crippen LogP contribution in [0.15, 0.2) is 29.8 Å². The van der Waals surface area contributed by atoms with Crippen LogP contribution in [-0.2, 0) is 0 Å². The largest absolute Gasteiger partial charge is 0.375 e. The van der Waals surface area contributed by atoms with E-state index in [0.717, 1.165) is 18.7 Å². The number of benzene rings is 1. The summed E-state index contributed by atoms with van der Waals surface area (Å²) in [6.07, 6.45) is 3.54. The van der Waals surface area contributed by atoms with E-state index >= 15 is 0 Å². The Morgan fingerprint density at radius 1 is 1.00 bits per heavy atom. The summed E-state index contributed by atoms with van der Waals surface area (Å²) < 4.78 is 0. The molecule has 0 aliphatic rings. The summed E-state index contributed by atoms with van der Waals surface area (Å²) in [5, 5.41) is 26.8. The van der Waals surface area contributed by atoms with E-state index in [1.54, 1.807) is 24.3 Å². The summed E-state index contributed by atoms with van der Waals surface area (Å²) in [7, 11) is 2.03. The van der Waals surface area contributed by atoms with Crippen LogP contribution in [0.4, 0.5) is 5.69 Å². The number of anilines is 1. The second kappa shape index (κ2) is 8.41. The molecule has 1 aromatic carbocycles. The molecule has 4 heteroatoms. The summed E-state index contributed by atoms with van der Waals surface area (Å²) in [6.45, 7) is 3.16. The second-order valence-corrected chi connectivity index (χ2v) is 4.76. The fraction of sp³-hybridized carbons (Fsp3) is 0.353. The molecule has 4 nitrogen and oxygen atoms in total. The number of hydrogen-bond donors (Lipinski definition) is 0. The minimum Gasteiger partial charge on any atom is -0.375 e. The average Bonchev–Trinajstić information content (AvgIpc) is 2.52. The third-order valence-corrected chi connectivity index (χ3v) is 3.28. The van der Waals surface area contributed by atoms with Crippen molar-refractivity contribution in [2.75, 3.05) is 18.5 Å². The van der Waals surface area contributed by atoms with Crippen molar-refractivity contribution in [3.63, 3.8) is 0 Å². The summed E-state index contributed by atoms with van der Waals surface area (Å²) in [5.41, 5.74) is 1.63. The van der Waals surface area contributed by atoms with Gasteiger partial charge in [-0.25, -0.2) is 0 Å². The molecule has 0 aliphatic heterocycles. The number of allylic oxidation sites excluding steroid dienone is 2. The van der Waals surface area contributed by atoms with E-state index in [-0.39, 0.29) is 11.1 Å². The molecule has 106 valence electrons. The molecule has 0 heterocycles. The van der Waals surface area contributed by atoms with Gasteiger partial charge in [0, 0.05) is 19.3 Å². The zero-order valence-electron chi connectivity index (χ0n) is 12.4. The van der Waals surface area contributed by atoms with E-state index in [0.29, 0.717) is 5.56 Å². The Kier molecular flexibility index (Phi) is 6.52. The van der Waals surface area contributed by atoms with Gasteiger partial charge in [0.05, 0.1) is 5.57 Å². The molecule has 0 saturated heterocycles. The summed E-state index contributed by atoms with van der Waals surface area (Å²) in [6, 6.07) is 12.8. The zero-order valence-corrected chi connectivity index (χ0v) is 12.4. The van der Waals surface area contributed by atoms with Crippen LogP contribution in [0.5, 0.6) is 0 Å². The smallest absolute Gasteiger partial charge is 0.148 e. The average molecular weight is 278 g/mol. The van der Waals surface area contributed by atoms with Crippen molar-refractivity contribution in [1.29, 1.82) is 15.8 Å². The van der Waals surface area contributed by atoms with E-state index in [4.69, 9.17) is 15.8 Å². The molecule has 0 radical (unpaired) electrons. The van der Waals surface area contributed by atoms with Crippen molar-refractivity contribution >= 4 is 11.3 Å². The van der Waals surface area contributed by atoms with Gasteiger partial charge in [0.15, 0.2) is 0 Å². The molecule has 0 amide bonds. The van der Waals surface area contributed by atoms with Crippen molar-refractivity contribution in [2.45, 2.75) is 26.2 Å². The van der Waals surface area contributed by atoms with Gasteiger partial charge < -0.3 is 4.90 Å². The van der Waals surface area contributed by atoms with Crippen molar-refractivity contribution in [3.05, 3.63) is 35.4 Å². The van der Waals surface area contributed by atoms with Crippen LogP contribution >= 0.6 is 0 Å². The van der Waals surface area contributed by atoms with Crippen molar-refractivity contribution in [2.24, 2.45) is 0 Å². The molecule has 1 aromatic rings. The second-order valence-electron chi connectivity index (χ2n) is 4.76. The zero-order chi connectivity index (χ0) is 15.7. The molecule has 0 unspecified atom stereocenters. The molecular formula is C17H18N4. The lowest BCUT2D eigenvalue weighted by atomic mass is 10.0. The molecule has 0 aliphatic carbocycles. The third kappa shape index (κ3) is 4.37.